The lowest BCUT2D eigenvalue weighted by molar-refractivity contribution is -0.135. The van der Waals surface area contributed by atoms with E-state index < -0.39 is 5.97 Å². The SMILES string of the molecule is CCCCCCC(=O)C=CC(=O)OC. The number of hydrogen-bond acceptors (Lipinski definition) is 3. The summed E-state index contributed by atoms with van der Waals surface area (Å²) in [5.41, 5.74) is 0. The van der Waals surface area contributed by atoms with Crippen LogP contribution >= 0.6 is 0 Å². The Kier molecular flexibility index (Phi) is 7.80. The second kappa shape index (κ2) is 8.48. The fraction of sp³-hybridized carbons (Fsp3) is 0.636. The highest BCUT2D eigenvalue weighted by Gasteiger charge is 1.98. The van der Waals surface area contributed by atoms with E-state index in [9.17, 15) is 9.59 Å². The third kappa shape index (κ3) is 7.53. The molecule has 0 saturated carbocycles. The van der Waals surface area contributed by atoms with Crippen molar-refractivity contribution in [2.24, 2.45) is 0 Å². The Hall–Kier alpha value is -1.12. The lowest BCUT2D eigenvalue weighted by Crippen LogP contribution is -1.98. The third-order valence-corrected chi connectivity index (χ3v) is 1.88. The zero-order valence-electron chi connectivity index (χ0n) is 8.91. The monoisotopic (exact) mass is 198 g/mol. The zero-order chi connectivity index (χ0) is 10.8. The second-order valence-corrected chi connectivity index (χ2v) is 3.13. The average molecular weight is 198 g/mol. The highest BCUT2D eigenvalue weighted by molar-refractivity contribution is 5.95. The van der Waals surface area contributed by atoms with E-state index in [0.29, 0.717) is 6.42 Å². The standard InChI is InChI=1S/C11H18O3/c1-3-4-5-6-7-10(12)8-9-11(13)14-2/h8-9H,3-7H2,1-2H3. The van der Waals surface area contributed by atoms with Crippen LogP contribution in [0.1, 0.15) is 39.0 Å². The first-order chi connectivity index (χ1) is 6.70. The van der Waals surface area contributed by atoms with E-state index in [4.69, 9.17) is 0 Å². The van der Waals surface area contributed by atoms with Crippen molar-refractivity contribution >= 4 is 11.8 Å². The molecule has 3 nitrogen and oxygen atoms in total. The summed E-state index contributed by atoms with van der Waals surface area (Å²) in [6, 6.07) is 0. The molecule has 0 spiro atoms. The van der Waals surface area contributed by atoms with Crippen molar-refractivity contribution in [3.63, 3.8) is 0 Å². The molecule has 0 aromatic rings. The first-order valence-corrected chi connectivity index (χ1v) is 4.99. The Bertz CT molecular complexity index is 207. The van der Waals surface area contributed by atoms with Gasteiger partial charge in [0.2, 0.25) is 0 Å². The minimum Gasteiger partial charge on any atom is -0.466 e. The van der Waals surface area contributed by atoms with Gasteiger partial charge in [0.05, 0.1) is 7.11 Å². The Balaban J connectivity index is 3.55. The minimum atomic E-state index is -0.480. The smallest absolute Gasteiger partial charge is 0.330 e. The van der Waals surface area contributed by atoms with Crippen LogP contribution < -0.4 is 0 Å². The molecule has 0 atom stereocenters. The van der Waals surface area contributed by atoms with E-state index in [0.717, 1.165) is 25.7 Å². The largest absolute Gasteiger partial charge is 0.466 e. The number of allylic oxidation sites excluding steroid dienone is 1. The Morgan fingerprint density at radius 2 is 1.86 bits per heavy atom. The van der Waals surface area contributed by atoms with E-state index in [1.807, 2.05) is 0 Å². The topological polar surface area (TPSA) is 43.4 Å². The van der Waals surface area contributed by atoms with Crippen molar-refractivity contribution in [3.8, 4) is 0 Å². The quantitative estimate of drug-likeness (QED) is 0.358. The molecule has 0 saturated heterocycles. The van der Waals surface area contributed by atoms with E-state index in [1.165, 1.54) is 19.3 Å². The van der Waals surface area contributed by atoms with Gasteiger partial charge < -0.3 is 4.74 Å². The number of methoxy groups -OCH3 is 1. The summed E-state index contributed by atoms with van der Waals surface area (Å²) in [5.74, 6) is -0.488. The van der Waals surface area contributed by atoms with E-state index in [-0.39, 0.29) is 5.78 Å². The van der Waals surface area contributed by atoms with Crippen LogP contribution in [0, 0.1) is 0 Å². The van der Waals surface area contributed by atoms with Crippen molar-refractivity contribution in [3.05, 3.63) is 12.2 Å². The lowest BCUT2D eigenvalue weighted by atomic mass is 10.1. The van der Waals surface area contributed by atoms with Crippen molar-refractivity contribution in [1.82, 2.24) is 0 Å². The Morgan fingerprint density at radius 1 is 1.14 bits per heavy atom. The summed E-state index contributed by atoms with van der Waals surface area (Å²) in [7, 11) is 1.29. The van der Waals surface area contributed by atoms with Crippen molar-refractivity contribution in [2.45, 2.75) is 39.0 Å². The molecule has 0 N–H and O–H groups in total. The van der Waals surface area contributed by atoms with Gasteiger partial charge in [-0.1, -0.05) is 26.2 Å². The van der Waals surface area contributed by atoms with Gasteiger partial charge in [0, 0.05) is 12.5 Å². The van der Waals surface area contributed by atoms with Crippen LogP contribution in [-0.4, -0.2) is 18.9 Å². The number of carbonyl (C=O) groups is 2. The Labute approximate surface area is 85.1 Å². The van der Waals surface area contributed by atoms with Gasteiger partial charge in [-0.05, 0) is 12.5 Å². The second-order valence-electron chi connectivity index (χ2n) is 3.13. The summed E-state index contributed by atoms with van der Waals surface area (Å²) in [5, 5.41) is 0. The summed E-state index contributed by atoms with van der Waals surface area (Å²) in [6.07, 6.45) is 7.28. The number of carbonyl (C=O) groups excluding carboxylic acids is 2. The van der Waals surface area contributed by atoms with Gasteiger partial charge >= 0.3 is 5.97 Å². The van der Waals surface area contributed by atoms with Crippen LogP contribution in [-0.2, 0) is 14.3 Å². The molecule has 0 bridgehead atoms. The van der Waals surface area contributed by atoms with Crippen LogP contribution in [0.2, 0.25) is 0 Å². The molecule has 0 aliphatic rings. The molecule has 0 heterocycles. The summed E-state index contributed by atoms with van der Waals surface area (Å²) < 4.78 is 4.37. The van der Waals surface area contributed by atoms with Crippen LogP contribution in [0.3, 0.4) is 0 Å². The zero-order valence-corrected chi connectivity index (χ0v) is 8.91. The molecule has 0 aliphatic carbocycles. The molecular formula is C11H18O3. The average Bonchev–Trinajstić information content (AvgIpc) is 2.21. The number of esters is 1. The molecule has 0 fully saturated rings. The van der Waals surface area contributed by atoms with Gasteiger partial charge in [-0.15, -0.1) is 0 Å². The van der Waals surface area contributed by atoms with Gasteiger partial charge in [-0.25, -0.2) is 4.79 Å². The maximum Gasteiger partial charge on any atom is 0.330 e. The maximum atomic E-state index is 11.1. The normalized spacial score (nSPS) is 10.4. The number of ether oxygens (including phenoxy) is 1. The fourth-order valence-electron chi connectivity index (χ4n) is 1.04. The maximum absolute atomic E-state index is 11.1. The van der Waals surface area contributed by atoms with Crippen molar-refractivity contribution in [1.29, 1.82) is 0 Å². The first-order valence-electron chi connectivity index (χ1n) is 4.99. The van der Waals surface area contributed by atoms with Crippen LogP contribution in [0.25, 0.3) is 0 Å². The predicted octanol–water partition coefficient (Wildman–Crippen LogP) is 2.26. The lowest BCUT2D eigenvalue weighted by Gasteiger charge is -1.95. The Morgan fingerprint density at radius 3 is 2.43 bits per heavy atom. The van der Waals surface area contributed by atoms with Gasteiger partial charge in [-0.3, -0.25) is 4.79 Å². The molecule has 0 unspecified atom stereocenters. The van der Waals surface area contributed by atoms with Gasteiger partial charge in [0.1, 0.15) is 0 Å². The predicted molar refractivity (Wildman–Crippen MR) is 54.9 cm³/mol. The molecule has 3 heteroatoms. The molecule has 0 radical (unpaired) electrons. The first kappa shape index (κ1) is 12.9. The number of ketones is 1. The van der Waals surface area contributed by atoms with Crippen LogP contribution in [0.5, 0.6) is 0 Å². The summed E-state index contributed by atoms with van der Waals surface area (Å²) >= 11 is 0. The highest BCUT2D eigenvalue weighted by Crippen LogP contribution is 2.03. The van der Waals surface area contributed by atoms with Crippen molar-refractivity contribution < 1.29 is 14.3 Å². The summed E-state index contributed by atoms with van der Waals surface area (Å²) in [6.45, 7) is 2.12. The fourth-order valence-corrected chi connectivity index (χ4v) is 1.04. The molecular weight excluding hydrogens is 180 g/mol. The molecule has 0 rings (SSSR count). The van der Waals surface area contributed by atoms with Crippen LogP contribution in [0.15, 0.2) is 12.2 Å². The third-order valence-electron chi connectivity index (χ3n) is 1.88. The van der Waals surface area contributed by atoms with Crippen LogP contribution in [0.4, 0.5) is 0 Å². The molecule has 0 aromatic heterocycles. The van der Waals surface area contributed by atoms with Crippen molar-refractivity contribution in [2.75, 3.05) is 7.11 Å². The van der Waals surface area contributed by atoms with Gasteiger partial charge in [0.25, 0.3) is 0 Å². The molecule has 0 amide bonds. The highest BCUT2D eigenvalue weighted by atomic mass is 16.5. The minimum absolute atomic E-state index is 0.00787. The van der Waals surface area contributed by atoms with E-state index in [1.54, 1.807) is 0 Å². The molecule has 14 heavy (non-hydrogen) atoms. The number of rotatable bonds is 7. The van der Waals surface area contributed by atoms with Gasteiger partial charge in [0.15, 0.2) is 5.78 Å². The van der Waals surface area contributed by atoms with Gasteiger partial charge in [-0.2, -0.15) is 0 Å². The number of unbranched alkanes of at least 4 members (excludes halogenated alkanes) is 3. The van der Waals surface area contributed by atoms with E-state index >= 15 is 0 Å². The molecule has 0 aliphatic heterocycles. The number of hydrogen-bond donors (Lipinski definition) is 0. The van der Waals surface area contributed by atoms with E-state index in [2.05, 4.69) is 11.7 Å². The molecule has 80 valence electrons. The molecule has 0 aromatic carbocycles. The summed E-state index contributed by atoms with van der Waals surface area (Å²) in [4.78, 5) is 21.8.